The zero-order valence-electron chi connectivity index (χ0n) is 13.8. The minimum atomic E-state index is -0.686. The quantitative estimate of drug-likeness (QED) is 0.902. The molecule has 3 rings (SSSR count). The van der Waals surface area contributed by atoms with Gasteiger partial charge in [-0.05, 0) is 31.5 Å². The highest BCUT2D eigenvalue weighted by atomic mass is 16.6. The van der Waals surface area contributed by atoms with E-state index < -0.39 is 6.10 Å². The fourth-order valence-corrected chi connectivity index (χ4v) is 2.61. The van der Waals surface area contributed by atoms with E-state index in [9.17, 15) is 9.90 Å². The maximum absolute atomic E-state index is 12.5. The Balaban J connectivity index is 1.93. The Bertz CT molecular complexity index is 740. The molecule has 2 aromatic carbocycles. The first-order chi connectivity index (χ1) is 11.6. The van der Waals surface area contributed by atoms with E-state index in [0.717, 1.165) is 5.56 Å². The summed E-state index contributed by atoms with van der Waals surface area (Å²) in [5.74, 6) is 0.945. The van der Waals surface area contributed by atoms with Crippen molar-refractivity contribution in [3.05, 3.63) is 53.1 Å². The Morgan fingerprint density at radius 1 is 1.17 bits per heavy atom. The topological polar surface area (TPSA) is 67.8 Å². The van der Waals surface area contributed by atoms with Gasteiger partial charge in [-0.1, -0.05) is 24.6 Å². The van der Waals surface area contributed by atoms with Crippen molar-refractivity contribution in [3.8, 4) is 11.5 Å². The zero-order chi connectivity index (χ0) is 17.1. The van der Waals surface area contributed by atoms with Gasteiger partial charge in [-0.15, -0.1) is 0 Å². The van der Waals surface area contributed by atoms with E-state index in [1.54, 1.807) is 24.3 Å². The Labute approximate surface area is 141 Å². The van der Waals surface area contributed by atoms with E-state index in [1.807, 2.05) is 26.0 Å². The van der Waals surface area contributed by atoms with E-state index in [2.05, 4.69) is 5.32 Å². The van der Waals surface area contributed by atoms with Crippen LogP contribution in [0.4, 0.5) is 5.69 Å². The van der Waals surface area contributed by atoms with Crippen LogP contribution >= 0.6 is 0 Å². The predicted octanol–water partition coefficient (Wildman–Crippen LogP) is 3.46. The van der Waals surface area contributed by atoms with Crippen molar-refractivity contribution in [2.75, 3.05) is 18.5 Å². The number of benzene rings is 2. The number of amides is 1. The molecule has 1 aliphatic rings. The monoisotopic (exact) mass is 327 g/mol. The Morgan fingerprint density at radius 3 is 2.42 bits per heavy atom. The summed E-state index contributed by atoms with van der Waals surface area (Å²) in [5, 5.41) is 13.2. The molecule has 0 spiro atoms. The van der Waals surface area contributed by atoms with Gasteiger partial charge in [0.2, 0.25) is 0 Å². The molecule has 0 aliphatic carbocycles. The lowest BCUT2D eigenvalue weighted by molar-refractivity contribution is 0.102. The van der Waals surface area contributed by atoms with Crippen molar-refractivity contribution in [2.24, 2.45) is 0 Å². The average molecular weight is 327 g/mol. The maximum atomic E-state index is 12.5. The molecule has 0 bridgehead atoms. The lowest BCUT2D eigenvalue weighted by Gasteiger charge is -2.23. The van der Waals surface area contributed by atoms with E-state index in [0.29, 0.717) is 47.9 Å². The third-order valence-electron chi connectivity index (χ3n) is 4.02. The number of nitrogens with one attached hydrogen (secondary N) is 1. The molecule has 2 aromatic rings. The second-order valence-electron chi connectivity index (χ2n) is 5.83. The van der Waals surface area contributed by atoms with Gasteiger partial charge in [0.05, 0.1) is 11.8 Å². The summed E-state index contributed by atoms with van der Waals surface area (Å²) in [6, 6.07) is 10.8. The minimum Gasteiger partial charge on any atom is -0.486 e. The molecule has 2 N–H and O–H groups in total. The SMILES string of the molecule is CC[C@H](O)c1cc2c(cc1NC(=O)c1ccc(C)cc1)OCCO2. The van der Waals surface area contributed by atoms with Crippen LogP contribution in [0.15, 0.2) is 36.4 Å². The van der Waals surface area contributed by atoms with Gasteiger partial charge in [-0.2, -0.15) is 0 Å². The standard InChI is InChI=1S/C19H21NO4/c1-3-16(21)14-10-17-18(24-9-8-23-17)11-15(14)20-19(22)13-6-4-12(2)5-7-13/h4-7,10-11,16,21H,3,8-9H2,1-2H3,(H,20,22)/t16-/m0/s1. The van der Waals surface area contributed by atoms with Gasteiger partial charge in [-0.25, -0.2) is 0 Å². The lowest BCUT2D eigenvalue weighted by Crippen LogP contribution is -2.18. The summed E-state index contributed by atoms with van der Waals surface area (Å²) < 4.78 is 11.1. The summed E-state index contributed by atoms with van der Waals surface area (Å²) in [4.78, 5) is 12.5. The summed E-state index contributed by atoms with van der Waals surface area (Å²) in [6.45, 7) is 4.79. The number of fused-ring (bicyclic) bond motifs is 1. The number of aliphatic hydroxyl groups excluding tert-OH is 1. The van der Waals surface area contributed by atoms with Crippen molar-refractivity contribution >= 4 is 11.6 Å². The van der Waals surface area contributed by atoms with Crippen molar-refractivity contribution in [1.29, 1.82) is 0 Å². The van der Waals surface area contributed by atoms with Gasteiger partial charge in [-0.3, -0.25) is 4.79 Å². The molecule has 5 nitrogen and oxygen atoms in total. The molecule has 1 atom stereocenters. The molecule has 1 amide bonds. The summed E-state index contributed by atoms with van der Waals surface area (Å²) in [6.07, 6.45) is -0.151. The van der Waals surface area contributed by atoms with Gasteiger partial charge in [0, 0.05) is 17.2 Å². The van der Waals surface area contributed by atoms with Crippen LogP contribution < -0.4 is 14.8 Å². The highest BCUT2D eigenvalue weighted by molar-refractivity contribution is 6.04. The molecule has 126 valence electrons. The highest BCUT2D eigenvalue weighted by Gasteiger charge is 2.20. The zero-order valence-corrected chi connectivity index (χ0v) is 13.8. The van der Waals surface area contributed by atoms with Gasteiger partial charge in [0.15, 0.2) is 11.5 Å². The van der Waals surface area contributed by atoms with Crippen LogP contribution in [-0.2, 0) is 0 Å². The maximum Gasteiger partial charge on any atom is 0.255 e. The van der Waals surface area contributed by atoms with Crippen LogP contribution in [0.5, 0.6) is 11.5 Å². The fourth-order valence-electron chi connectivity index (χ4n) is 2.61. The third kappa shape index (κ3) is 3.36. The molecule has 0 unspecified atom stereocenters. The molecule has 0 radical (unpaired) electrons. The first kappa shape index (κ1) is 16.3. The van der Waals surface area contributed by atoms with Crippen LogP contribution in [0, 0.1) is 6.92 Å². The number of aryl methyl sites for hydroxylation is 1. The molecule has 0 aromatic heterocycles. The van der Waals surface area contributed by atoms with E-state index >= 15 is 0 Å². The van der Waals surface area contributed by atoms with Crippen LogP contribution in [-0.4, -0.2) is 24.2 Å². The van der Waals surface area contributed by atoms with Crippen LogP contribution in [0.25, 0.3) is 0 Å². The number of rotatable bonds is 4. The molecule has 0 fully saturated rings. The fraction of sp³-hybridized carbons (Fsp3) is 0.316. The number of carbonyl (C=O) groups excluding carboxylic acids is 1. The molecule has 1 heterocycles. The first-order valence-electron chi connectivity index (χ1n) is 8.08. The Hall–Kier alpha value is -2.53. The van der Waals surface area contributed by atoms with E-state index in [-0.39, 0.29) is 5.91 Å². The van der Waals surface area contributed by atoms with Crippen LogP contribution in [0.1, 0.15) is 40.9 Å². The normalized spacial score (nSPS) is 14.1. The van der Waals surface area contributed by atoms with Gasteiger partial charge < -0.3 is 19.9 Å². The van der Waals surface area contributed by atoms with Crippen molar-refractivity contribution in [1.82, 2.24) is 0 Å². The summed E-state index contributed by atoms with van der Waals surface area (Å²) >= 11 is 0. The molecule has 5 heteroatoms. The summed E-state index contributed by atoms with van der Waals surface area (Å²) in [5.41, 5.74) is 2.82. The lowest BCUT2D eigenvalue weighted by atomic mass is 10.0. The molecule has 0 saturated heterocycles. The largest absolute Gasteiger partial charge is 0.486 e. The van der Waals surface area contributed by atoms with E-state index in [4.69, 9.17) is 9.47 Å². The van der Waals surface area contributed by atoms with E-state index in [1.165, 1.54) is 0 Å². The summed E-state index contributed by atoms with van der Waals surface area (Å²) in [7, 11) is 0. The second-order valence-corrected chi connectivity index (χ2v) is 5.83. The average Bonchev–Trinajstić information content (AvgIpc) is 2.61. The second kappa shape index (κ2) is 6.93. The van der Waals surface area contributed by atoms with Crippen LogP contribution in [0.2, 0.25) is 0 Å². The number of hydrogen-bond donors (Lipinski definition) is 2. The molecular formula is C19H21NO4. The van der Waals surface area contributed by atoms with Gasteiger partial charge in [0.25, 0.3) is 5.91 Å². The number of carbonyl (C=O) groups is 1. The molecule has 24 heavy (non-hydrogen) atoms. The molecule has 0 saturated carbocycles. The van der Waals surface area contributed by atoms with Gasteiger partial charge >= 0.3 is 0 Å². The number of hydrogen-bond acceptors (Lipinski definition) is 4. The molecular weight excluding hydrogens is 306 g/mol. The van der Waals surface area contributed by atoms with Crippen LogP contribution in [0.3, 0.4) is 0 Å². The third-order valence-corrected chi connectivity index (χ3v) is 4.02. The van der Waals surface area contributed by atoms with Crippen molar-refractivity contribution < 1.29 is 19.4 Å². The molecule has 1 aliphatic heterocycles. The predicted molar refractivity (Wildman–Crippen MR) is 91.8 cm³/mol. The number of ether oxygens (including phenoxy) is 2. The number of aliphatic hydroxyl groups is 1. The smallest absolute Gasteiger partial charge is 0.255 e. The van der Waals surface area contributed by atoms with Crippen molar-refractivity contribution in [2.45, 2.75) is 26.4 Å². The van der Waals surface area contributed by atoms with Gasteiger partial charge in [0.1, 0.15) is 13.2 Å². The number of anilines is 1. The first-order valence-corrected chi connectivity index (χ1v) is 8.08. The van der Waals surface area contributed by atoms with Crippen molar-refractivity contribution in [3.63, 3.8) is 0 Å². The Morgan fingerprint density at radius 2 is 1.79 bits per heavy atom. The minimum absolute atomic E-state index is 0.226. The Kier molecular flexibility index (Phi) is 4.71. The highest BCUT2D eigenvalue weighted by Crippen LogP contribution is 2.38.